The van der Waals surface area contributed by atoms with Crippen LogP contribution >= 0.6 is 11.3 Å². The molecule has 1 fully saturated rings. The minimum atomic E-state index is -5.16. The van der Waals surface area contributed by atoms with Gasteiger partial charge in [-0.05, 0) is 51.0 Å². The lowest BCUT2D eigenvalue weighted by atomic mass is 9.95. The first kappa shape index (κ1) is 24.1. The maximum atomic E-state index is 13.7. The number of aryl methyl sites for hydroxylation is 1. The van der Waals surface area contributed by atoms with E-state index >= 15 is 0 Å². The Morgan fingerprint density at radius 2 is 1.91 bits per heavy atom. The van der Waals surface area contributed by atoms with Crippen LogP contribution in [0.4, 0.5) is 18.9 Å². The van der Waals surface area contributed by atoms with Gasteiger partial charge in [0.15, 0.2) is 6.04 Å². The molecule has 0 bridgehead atoms. The number of amides is 2. The van der Waals surface area contributed by atoms with Crippen LogP contribution in [0.25, 0.3) is 0 Å². The zero-order chi connectivity index (χ0) is 23.3. The van der Waals surface area contributed by atoms with Gasteiger partial charge in [-0.15, -0.1) is 11.3 Å². The highest BCUT2D eigenvalue weighted by Crippen LogP contribution is 2.37. The number of benzene rings is 1. The van der Waals surface area contributed by atoms with Crippen LogP contribution in [-0.4, -0.2) is 30.6 Å². The summed E-state index contributed by atoms with van der Waals surface area (Å²) in [6, 6.07) is 7.62. The number of hydrogen-bond acceptors (Lipinski definition) is 4. The van der Waals surface area contributed by atoms with E-state index in [4.69, 9.17) is 4.74 Å². The molecule has 1 aromatic heterocycles. The van der Waals surface area contributed by atoms with Gasteiger partial charge in [-0.25, -0.2) is 0 Å². The van der Waals surface area contributed by atoms with Crippen molar-refractivity contribution in [2.75, 3.05) is 11.5 Å². The molecule has 0 spiro atoms. The van der Waals surface area contributed by atoms with Crippen molar-refractivity contribution in [3.8, 4) is 5.75 Å². The van der Waals surface area contributed by atoms with E-state index in [0.29, 0.717) is 22.1 Å². The van der Waals surface area contributed by atoms with E-state index in [-0.39, 0.29) is 11.7 Å². The van der Waals surface area contributed by atoms with Crippen molar-refractivity contribution in [2.45, 2.75) is 64.2 Å². The third kappa shape index (κ3) is 5.82. The predicted octanol–water partition coefficient (Wildman–Crippen LogP) is 5.54. The molecule has 1 aliphatic rings. The third-order valence-corrected chi connectivity index (χ3v) is 6.41. The zero-order valence-electron chi connectivity index (χ0n) is 18.1. The van der Waals surface area contributed by atoms with Crippen LogP contribution in [0, 0.1) is 6.92 Å². The zero-order valence-corrected chi connectivity index (χ0v) is 18.9. The molecule has 9 heteroatoms. The summed E-state index contributed by atoms with van der Waals surface area (Å²) in [5, 5.41) is 2.90. The number of halogens is 3. The lowest BCUT2D eigenvalue weighted by Gasteiger charge is -2.33. The topological polar surface area (TPSA) is 58.6 Å². The smallest absolute Gasteiger partial charge is 0.471 e. The number of ether oxygens (including phenoxy) is 1. The van der Waals surface area contributed by atoms with Crippen LogP contribution in [-0.2, 0) is 9.59 Å². The summed E-state index contributed by atoms with van der Waals surface area (Å²) in [5.74, 6) is -2.39. The van der Waals surface area contributed by atoms with E-state index in [9.17, 15) is 22.8 Å². The molecule has 1 N–H and O–H groups in total. The molecule has 1 heterocycles. The van der Waals surface area contributed by atoms with Gasteiger partial charge in [-0.1, -0.05) is 25.3 Å². The Labute approximate surface area is 189 Å². The van der Waals surface area contributed by atoms with Gasteiger partial charge in [0.25, 0.3) is 0 Å². The van der Waals surface area contributed by atoms with Crippen molar-refractivity contribution >= 4 is 28.8 Å². The Morgan fingerprint density at radius 3 is 2.50 bits per heavy atom. The van der Waals surface area contributed by atoms with Gasteiger partial charge in [-0.2, -0.15) is 13.2 Å². The second-order valence-electron chi connectivity index (χ2n) is 7.80. The second-order valence-corrected chi connectivity index (χ2v) is 9.12. The number of thiophene rings is 1. The van der Waals surface area contributed by atoms with Gasteiger partial charge in [0, 0.05) is 27.5 Å². The molecule has 1 aromatic carbocycles. The Morgan fingerprint density at radius 1 is 1.19 bits per heavy atom. The summed E-state index contributed by atoms with van der Waals surface area (Å²) < 4.78 is 46.5. The number of nitrogens with zero attached hydrogens (tertiary/aromatic N) is 1. The Kier molecular flexibility index (Phi) is 7.82. The van der Waals surface area contributed by atoms with Crippen molar-refractivity contribution < 1.29 is 27.5 Å². The first-order valence-corrected chi connectivity index (χ1v) is 11.5. The molecule has 2 aromatic rings. The highest BCUT2D eigenvalue weighted by molar-refractivity contribution is 7.12. The number of carbonyl (C=O) groups is 2. The predicted molar refractivity (Wildman–Crippen MR) is 118 cm³/mol. The Hall–Kier alpha value is -2.55. The largest absolute Gasteiger partial charge is 0.494 e. The molecule has 5 nitrogen and oxygen atoms in total. The second kappa shape index (κ2) is 10.4. The van der Waals surface area contributed by atoms with Crippen LogP contribution in [0.2, 0.25) is 0 Å². The van der Waals surface area contributed by atoms with E-state index < -0.39 is 24.0 Å². The van der Waals surface area contributed by atoms with E-state index in [2.05, 4.69) is 5.32 Å². The number of alkyl halides is 3. The summed E-state index contributed by atoms with van der Waals surface area (Å²) in [5.41, 5.74) is -0.0480. The number of hydrogen-bond donors (Lipinski definition) is 1. The molecule has 0 saturated heterocycles. The molecular formula is C23H27F3N2O3S. The minimum absolute atomic E-state index is 0.0480. The fourth-order valence-electron chi connectivity index (χ4n) is 3.91. The van der Waals surface area contributed by atoms with Crippen molar-refractivity contribution in [1.29, 1.82) is 0 Å². The number of anilines is 1. The van der Waals surface area contributed by atoms with Crippen molar-refractivity contribution in [2.24, 2.45) is 0 Å². The Balaban J connectivity index is 2.07. The molecule has 0 aliphatic heterocycles. The molecule has 174 valence electrons. The molecule has 1 saturated carbocycles. The van der Waals surface area contributed by atoms with Crippen LogP contribution in [0.5, 0.6) is 5.75 Å². The lowest BCUT2D eigenvalue weighted by molar-refractivity contribution is -0.171. The fourth-order valence-corrected chi connectivity index (χ4v) is 4.88. The molecule has 1 aliphatic carbocycles. The van der Waals surface area contributed by atoms with Gasteiger partial charge in [0.05, 0.1) is 6.61 Å². The summed E-state index contributed by atoms with van der Waals surface area (Å²) in [6.07, 6.45) is -0.630. The normalized spacial score (nSPS) is 15.8. The maximum Gasteiger partial charge on any atom is 0.471 e. The number of carbonyl (C=O) groups excluding carboxylic acids is 2. The molecular weight excluding hydrogens is 441 g/mol. The van der Waals surface area contributed by atoms with E-state index in [1.807, 2.05) is 0 Å². The highest BCUT2D eigenvalue weighted by atomic mass is 32.1. The fraction of sp³-hybridized carbons (Fsp3) is 0.478. The average molecular weight is 469 g/mol. The van der Waals surface area contributed by atoms with Gasteiger partial charge in [0.1, 0.15) is 5.75 Å². The molecule has 0 unspecified atom stereocenters. The van der Waals surface area contributed by atoms with Gasteiger partial charge < -0.3 is 10.1 Å². The Bertz CT molecular complexity index is 939. The lowest BCUT2D eigenvalue weighted by Crippen LogP contribution is -2.50. The van der Waals surface area contributed by atoms with E-state index in [1.54, 1.807) is 32.0 Å². The summed E-state index contributed by atoms with van der Waals surface area (Å²) in [7, 11) is 0. The van der Waals surface area contributed by atoms with Gasteiger partial charge in [-0.3, -0.25) is 14.5 Å². The summed E-state index contributed by atoms with van der Waals surface area (Å²) in [6.45, 7) is 3.86. The van der Waals surface area contributed by atoms with Gasteiger partial charge in [0.2, 0.25) is 5.91 Å². The number of nitrogens with one attached hydrogen (secondary N) is 1. The maximum absolute atomic E-state index is 13.7. The van der Waals surface area contributed by atoms with Crippen LogP contribution in [0.1, 0.15) is 54.8 Å². The summed E-state index contributed by atoms with van der Waals surface area (Å²) in [4.78, 5) is 27.8. The van der Waals surface area contributed by atoms with E-state index in [1.165, 1.54) is 29.5 Å². The highest BCUT2D eigenvalue weighted by Gasteiger charge is 2.48. The SMILES string of the molecule is CCOc1cccc(N(C(=O)C(F)(F)F)[C@H](C(=O)NC2CCCCC2)c2ccc(C)s2)c1. The monoisotopic (exact) mass is 468 g/mol. The molecule has 3 rings (SSSR count). The summed E-state index contributed by atoms with van der Waals surface area (Å²) >= 11 is 1.20. The molecule has 0 radical (unpaired) electrons. The average Bonchev–Trinajstić information content (AvgIpc) is 3.17. The number of rotatable bonds is 7. The van der Waals surface area contributed by atoms with Crippen molar-refractivity contribution in [1.82, 2.24) is 5.32 Å². The van der Waals surface area contributed by atoms with Crippen molar-refractivity contribution in [3.63, 3.8) is 0 Å². The van der Waals surface area contributed by atoms with Crippen LogP contribution in [0.3, 0.4) is 0 Å². The third-order valence-electron chi connectivity index (χ3n) is 5.36. The van der Waals surface area contributed by atoms with E-state index in [0.717, 1.165) is 37.0 Å². The minimum Gasteiger partial charge on any atom is -0.494 e. The van der Waals surface area contributed by atoms with Crippen LogP contribution in [0.15, 0.2) is 36.4 Å². The molecule has 2 amide bonds. The van der Waals surface area contributed by atoms with Gasteiger partial charge >= 0.3 is 12.1 Å². The standard InChI is InChI=1S/C23H27F3N2O3S/c1-3-31-18-11-7-10-17(14-18)28(22(30)23(24,25)26)20(19-13-12-15(2)32-19)21(29)27-16-8-5-4-6-9-16/h7,10-14,16,20H,3-6,8-9H2,1-2H3,(H,27,29)/t20-/m0/s1. The molecule has 1 atom stereocenters. The first-order chi connectivity index (χ1) is 15.2. The molecule has 32 heavy (non-hydrogen) atoms. The first-order valence-electron chi connectivity index (χ1n) is 10.7. The van der Waals surface area contributed by atoms with Crippen molar-refractivity contribution in [3.05, 3.63) is 46.2 Å². The van der Waals surface area contributed by atoms with Crippen LogP contribution < -0.4 is 15.0 Å². The quantitative estimate of drug-likeness (QED) is 0.580.